The van der Waals surface area contributed by atoms with Crippen LogP contribution in [-0.2, 0) is 9.59 Å². The van der Waals surface area contributed by atoms with Crippen molar-refractivity contribution in [3.63, 3.8) is 0 Å². The maximum atomic E-state index is 13.1. The highest BCUT2D eigenvalue weighted by Gasteiger charge is 2.21. The Kier molecular flexibility index (Phi) is 7.23. The number of hydrogen-bond acceptors (Lipinski definition) is 3. The van der Waals surface area contributed by atoms with E-state index in [9.17, 15) is 14.4 Å². The van der Waals surface area contributed by atoms with Gasteiger partial charge in [-0.05, 0) is 67.1 Å². The molecule has 11 heteroatoms. The molecule has 7 nitrogen and oxygen atoms in total. The number of fused-ring (bicyclic) bond motifs is 1. The predicted molar refractivity (Wildman–Crippen MR) is 141 cm³/mol. The highest BCUT2D eigenvalue weighted by atomic mass is 35.5. The summed E-state index contributed by atoms with van der Waals surface area (Å²) in [6, 6.07) is 15.8. The summed E-state index contributed by atoms with van der Waals surface area (Å²) in [5.41, 5.74) is 4.47. The van der Waals surface area contributed by atoms with Gasteiger partial charge in [-0.2, -0.15) is 0 Å². The molecule has 0 aliphatic heterocycles. The molecule has 0 aliphatic rings. The topological polar surface area (TPSA) is 92.2 Å². The molecule has 0 spiro atoms. The van der Waals surface area contributed by atoms with Gasteiger partial charge in [-0.25, -0.2) is 4.68 Å². The summed E-state index contributed by atoms with van der Waals surface area (Å²) >= 11 is 24.2. The Balaban J connectivity index is 1.63. The van der Waals surface area contributed by atoms with Crippen molar-refractivity contribution < 1.29 is 14.4 Å². The van der Waals surface area contributed by atoms with Crippen molar-refractivity contribution in [1.82, 2.24) is 4.68 Å². The van der Waals surface area contributed by atoms with Crippen molar-refractivity contribution in [2.75, 3.05) is 16.1 Å². The Morgan fingerprint density at radius 1 is 0.714 bits per heavy atom. The van der Waals surface area contributed by atoms with Crippen molar-refractivity contribution in [3.05, 3.63) is 92.0 Å². The quantitative estimate of drug-likeness (QED) is 0.253. The number of anilines is 2. The van der Waals surface area contributed by atoms with Crippen molar-refractivity contribution in [2.24, 2.45) is 0 Å². The van der Waals surface area contributed by atoms with Crippen LogP contribution in [0.25, 0.3) is 10.9 Å². The number of benzene rings is 3. The van der Waals surface area contributed by atoms with E-state index in [1.165, 1.54) is 35.0 Å². The molecule has 0 bridgehead atoms. The highest BCUT2D eigenvalue weighted by Crippen LogP contribution is 2.26. The monoisotopic (exact) mass is 548 g/mol. The molecule has 0 saturated heterocycles. The van der Waals surface area contributed by atoms with Crippen molar-refractivity contribution >= 4 is 86.4 Å². The summed E-state index contributed by atoms with van der Waals surface area (Å²) in [5.74, 6) is -2.54. The summed E-state index contributed by atoms with van der Waals surface area (Å²) in [6.45, 7) is 1.81. The lowest BCUT2D eigenvalue weighted by Gasteiger charge is -2.13. The molecule has 3 N–H and O–H groups in total. The van der Waals surface area contributed by atoms with E-state index in [1.54, 1.807) is 30.3 Å². The second kappa shape index (κ2) is 10.2. The number of aryl methyl sites for hydroxylation is 1. The van der Waals surface area contributed by atoms with Crippen molar-refractivity contribution in [1.29, 1.82) is 0 Å². The SMILES string of the molecule is Cc1ccc(NC(=O)C(=O)Nn2c(C(=O)Nc3cc(Cl)cc(Cl)c3)cc3cc(Cl)ccc32)cc1Cl. The molecular weight excluding hydrogens is 534 g/mol. The zero-order chi connectivity index (χ0) is 25.3. The van der Waals surface area contributed by atoms with Crippen LogP contribution < -0.4 is 16.1 Å². The third-order valence-corrected chi connectivity index (χ3v) is 6.04. The number of aromatic nitrogens is 1. The maximum absolute atomic E-state index is 13.1. The number of halogens is 4. The minimum Gasteiger partial charge on any atom is -0.321 e. The highest BCUT2D eigenvalue weighted by molar-refractivity contribution is 6.43. The van der Waals surface area contributed by atoms with E-state index in [2.05, 4.69) is 16.1 Å². The molecule has 0 unspecified atom stereocenters. The molecule has 3 amide bonds. The number of nitrogens with zero attached hydrogens (tertiary/aromatic N) is 1. The molecule has 35 heavy (non-hydrogen) atoms. The fraction of sp³-hybridized carbons (Fsp3) is 0.0417. The number of carbonyl (C=O) groups excluding carboxylic acids is 3. The Morgan fingerprint density at radius 3 is 2.11 bits per heavy atom. The standard InChI is InChI=1S/C24H16Cl4N4O3/c1-12-2-4-17(11-19(12)28)29-23(34)24(35)31-32-20-5-3-14(25)6-13(20)7-21(32)22(33)30-18-9-15(26)8-16(27)10-18/h2-11H,1H3,(H,29,34)(H,30,33)(H,31,35). The summed E-state index contributed by atoms with van der Waals surface area (Å²) < 4.78 is 1.21. The molecule has 1 heterocycles. The molecule has 4 rings (SSSR count). The second-order valence-corrected chi connectivity index (χ2v) is 9.26. The lowest BCUT2D eigenvalue weighted by molar-refractivity contribution is -0.133. The largest absolute Gasteiger partial charge is 0.328 e. The Morgan fingerprint density at radius 2 is 1.43 bits per heavy atom. The minimum atomic E-state index is -1.01. The molecule has 0 fully saturated rings. The third-order valence-electron chi connectivity index (χ3n) is 4.97. The number of carbonyl (C=O) groups is 3. The number of amides is 3. The second-order valence-electron chi connectivity index (χ2n) is 7.54. The Labute approximate surface area is 219 Å². The van der Waals surface area contributed by atoms with Gasteiger partial charge in [-0.15, -0.1) is 0 Å². The summed E-state index contributed by atoms with van der Waals surface area (Å²) in [5, 5.41) is 7.27. The van der Waals surface area contributed by atoms with Gasteiger partial charge in [0.05, 0.1) is 5.52 Å². The van der Waals surface area contributed by atoms with Crippen LogP contribution in [0.15, 0.2) is 60.7 Å². The van der Waals surface area contributed by atoms with Crippen LogP contribution in [0, 0.1) is 6.92 Å². The van der Waals surface area contributed by atoms with Crippen LogP contribution in [-0.4, -0.2) is 22.4 Å². The average Bonchev–Trinajstić information content (AvgIpc) is 3.13. The van der Waals surface area contributed by atoms with Crippen LogP contribution in [0.3, 0.4) is 0 Å². The molecule has 0 atom stereocenters. The van der Waals surface area contributed by atoms with Crippen LogP contribution in [0.1, 0.15) is 16.1 Å². The number of hydrogen-bond donors (Lipinski definition) is 3. The van der Waals surface area contributed by atoms with E-state index in [-0.39, 0.29) is 5.69 Å². The minimum absolute atomic E-state index is 0.0397. The van der Waals surface area contributed by atoms with Crippen LogP contribution in [0.2, 0.25) is 20.1 Å². The maximum Gasteiger partial charge on any atom is 0.328 e. The van der Waals surface area contributed by atoms with E-state index in [4.69, 9.17) is 46.4 Å². The van der Waals surface area contributed by atoms with E-state index in [0.29, 0.717) is 42.4 Å². The Bertz CT molecular complexity index is 1480. The first-order valence-electron chi connectivity index (χ1n) is 10.1. The van der Waals surface area contributed by atoms with E-state index >= 15 is 0 Å². The lowest BCUT2D eigenvalue weighted by atomic mass is 10.2. The first kappa shape index (κ1) is 24.9. The summed E-state index contributed by atoms with van der Waals surface area (Å²) in [7, 11) is 0. The van der Waals surface area contributed by atoms with E-state index < -0.39 is 17.7 Å². The van der Waals surface area contributed by atoms with Crippen molar-refractivity contribution in [3.8, 4) is 0 Å². The van der Waals surface area contributed by atoms with Crippen molar-refractivity contribution in [2.45, 2.75) is 6.92 Å². The smallest absolute Gasteiger partial charge is 0.321 e. The zero-order valence-electron chi connectivity index (χ0n) is 18.0. The van der Waals surface area contributed by atoms with Gasteiger partial charge >= 0.3 is 11.8 Å². The first-order valence-corrected chi connectivity index (χ1v) is 11.6. The molecule has 1 aromatic heterocycles. The van der Waals surface area contributed by atoms with Crippen LogP contribution in [0.4, 0.5) is 11.4 Å². The van der Waals surface area contributed by atoms with Gasteiger partial charge in [0, 0.05) is 36.9 Å². The molecule has 0 saturated carbocycles. The Hall–Kier alpha value is -3.23. The fourth-order valence-electron chi connectivity index (χ4n) is 3.31. The van der Waals surface area contributed by atoms with Gasteiger partial charge in [0.15, 0.2) is 0 Å². The molecule has 4 aromatic rings. The fourth-order valence-corrected chi connectivity index (χ4v) is 4.19. The lowest BCUT2D eigenvalue weighted by Crippen LogP contribution is -2.36. The number of rotatable bonds is 4. The molecular formula is C24H16Cl4N4O3. The zero-order valence-corrected chi connectivity index (χ0v) is 21.0. The van der Waals surface area contributed by atoms with Crippen LogP contribution >= 0.6 is 46.4 Å². The van der Waals surface area contributed by atoms with E-state index in [0.717, 1.165) is 5.56 Å². The van der Waals surface area contributed by atoms with Gasteiger partial charge in [0.25, 0.3) is 5.91 Å². The third kappa shape index (κ3) is 5.71. The molecule has 0 radical (unpaired) electrons. The first-order chi connectivity index (χ1) is 16.6. The number of nitrogens with one attached hydrogen (secondary N) is 3. The van der Waals surface area contributed by atoms with Gasteiger partial charge in [0.1, 0.15) is 5.69 Å². The molecule has 178 valence electrons. The van der Waals surface area contributed by atoms with Gasteiger partial charge in [0.2, 0.25) is 0 Å². The summed E-state index contributed by atoms with van der Waals surface area (Å²) in [4.78, 5) is 38.4. The summed E-state index contributed by atoms with van der Waals surface area (Å²) in [6.07, 6.45) is 0. The van der Waals surface area contributed by atoms with Gasteiger partial charge in [-0.3, -0.25) is 19.8 Å². The normalized spacial score (nSPS) is 10.8. The average molecular weight is 550 g/mol. The molecule has 0 aliphatic carbocycles. The van der Waals surface area contributed by atoms with Gasteiger partial charge in [-0.1, -0.05) is 52.5 Å². The van der Waals surface area contributed by atoms with Gasteiger partial charge < -0.3 is 10.6 Å². The van der Waals surface area contributed by atoms with E-state index in [1.807, 2.05) is 6.92 Å². The van der Waals surface area contributed by atoms with Crippen LogP contribution in [0.5, 0.6) is 0 Å². The predicted octanol–water partition coefficient (Wildman–Crippen LogP) is 6.52. The molecule has 3 aromatic carbocycles.